The smallest absolute Gasteiger partial charge is 0.126 e. The minimum atomic E-state index is 0.219. The first-order valence-corrected chi connectivity index (χ1v) is 8.64. The van der Waals surface area contributed by atoms with Crippen LogP contribution in [0.4, 0.5) is 0 Å². The molecular formula is C18H28O7. The van der Waals surface area contributed by atoms with Crippen LogP contribution < -0.4 is 0 Å². The Bertz CT molecular complexity index is 428. The SMILES string of the molecule is Oc1c2cccc1COCCOCCOCCOCCOCCOC2. The Morgan fingerprint density at radius 1 is 0.520 bits per heavy atom. The molecule has 0 aliphatic carbocycles. The van der Waals surface area contributed by atoms with Crippen LogP contribution in [-0.2, 0) is 41.6 Å². The van der Waals surface area contributed by atoms with Crippen molar-refractivity contribution in [1.82, 2.24) is 0 Å². The number of aromatic hydroxyl groups is 1. The molecule has 0 fully saturated rings. The maximum absolute atomic E-state index is 10.3. The molecule has 1 heterocycles. The van der Waals surface area contributed by atoms with Gasteiger partial charge >= 0.3 is 0 Å². The molecule has 2 bridgehead atoms. The number of hydrogen-bond acceptors (Lipinski definition) is 7. The molecule has 1 aliphatic rings. The summed E-state index contributed by atoms with van der Waals surface area (Å²) in [5.41, 5.74) is 1.48. The van der Waals surface area contributed by atoms with Gasteiger partial charge in [-0.05, 0) is 0 Å². The molecule has 2 rings (SSSR count). The molecule has 25 heavy (non-hydrogen) atoms. The summed E-state index contributed by atoms with van der Waals surface area (Å²) in [6.07, 6.45) is 0. The third-order valence-electron chi connectivity index (χ3n) is 3.58. The molecule has 7 heteroatoms. The molecule has 0 atom stereocenters. The molecule has 0 saturated carbocycles. The highest BCUT2D eigenvalue weighted by Crippen LogP contribution is 2.23. The van der Waals surface area contributed by atoms with Gasteiger partial charge in [-0.1, -0.05) is 18.2 Å². The van der Waals surface area contributed by atoms with Crippen LogP contribution in [0.3, 0.4) is 0 Å². The molecular weight excluding hydrogens is 328 g/mol. The Labute approximate surface area is 148 Å². The molecule has 1 aromatic carbocycles. The number of phenolic OH excluding ortho intramolecular Hbond substituents is 1. The summed E-state index contributed by atoms with van der Waals surface area (Å²) in [7, 11) is 0. The fraction of sp³-hybridized carbons (Fsp3) is 0.667. The third kappa shape index (κ3) is 8.62. The number of ether oxygens (including phenoxy) is 6. The number of fused-ring (bicyclic) bond motifs is 2. The summed E-state index contributed by atoms with van der Waals surface area (Å²) < 4.78 is 32.7. The maximum atomic E-state index is 10.3. The minimum absolute atomic E-state index is 0.219. The molecule has 1 N–H and O–H groups in total. The van der Waals surface area contributed by atoms with Crippen LogP contribution in [0, 0.1) is 0 Å². The van der Waals surface area contributed by atoms with Crippen LogP contribution in [0.2, 0.25) is 0 Å². The topological polar surface area (TPSA) is 75.6 Å². The van der Waals surface area contributed by atoms with Crippen molar-refractivity contribution in [2.75, 3.05) is 66.1 Å². The lowest BCUT2D eigenvalue weighted by molar-refractivity contribution is -0.0181. The Morgan fingerprint density at radius 2 is 0.840 bits per heavy atom. The van der Waals surface area contributed by atoms with Crippen molar-refractivity contribution in [2.45, 2.75) is 13.2 Å². The van der Waals surface area contributed by atoms with E-state index >= 15 is 0 Å². The average Bonchev–Trinajstić information content (AvgIpc) is 2.62. The molecule has 7 nitrogen and oxygen atoms in total. The van der Waals surface area contributed by atoms with E-state index in [0.717, 1.165) is 11.1 Å². The zero-order valence-electron chi connectivity index (χ0n) is 14.6. The fourth-order valence-electron chi connectivity index (χ4n) is 2.24. The molecule has 0 aromatic heterocycles. The van der Waals surface area contributed by atoms with Crippen molar-refractivity contribution in [3.8, 4) is 5.75 Å². The van der Waals surface area contributed by atoms with Crippen molar-refractivity contribution in [1.29, 1.82) is 0 Å². The average molecular weight is 356 g/mol. The second kappa shape index (κ2) is 13.0. The predicted molar refractivity (Wildman–Crippen MR) is 90.7 cm³/mol. The van der Waals surface area contributed by atoms with E-state index in [-0.39, 0.29) is 5.75 Å². The Morgan fingerprint density at radius 3 is 1.20 bits per heavy atom. The number of hydrogen-bond donors (Lipinski definition) is 1. The van der Waals surface area contributed by atoms with Gasteiger partial charge in [0.1, 0.15) is 5.75 Å². The van der Waals surface area contributed by atoms with Crippen LogP contribution in [0.1, 0.15) is 11.1 Å². The Hall–Kier alpha value is -1.22. The Balaban J connectivity index is 1.79. The van der Waals surface area contributed by atoms with Gasteiger partial charge in [-0.3, -0.25) is 0 Å². The zero-order valence-corrected chi connectivity index (χ0v) is 14.6. The third-order valence-corrected chi connectivity index (χ3v) is 3.58. The van der Waals surface area contributed by atoms with Gasteiger partial charge in [0.05, 0.1) is 79.3 Å². The lowest BCUT2D eigenvalue weighted by Crippen LogP contribution is -2.13. The highest BCUT2D eigenvalue weighted by atomic mass is 16.6. The lowest BCUT2D eigenvalue weighted by Gasteiger charge is -2.11. The molecule has 142 valence electrons. The van der Waals surface area contributed by atoms with Gasteiger partial charge in [0, 0.05) is 11.1 Å². The number of phenols is 1. The monoisotopic (exact) mass is 356 g/mol. The predicted octanol–water partition coefficient (Wildman–Crippen LogP) is 1.51. The number of rotatable bonds is 0. The minimum Gasteiger partial charge on any atom is -0.507 e. The van der Waals surface area contributed by atoms with Crippen LogP contribution in [0.15, 0.2) is 18.2 Å². The first kappa shape index (κ1) is 20.1. The van der Waals surface area contributed by atoms with Crippen LogP contribution in [0.5, 0.6) is 5.75 Å². The first-order chi connectivity index (χ1) is 12.4. The summed E-state index contributed by atoms with van der Waals surface area (Å²) in [5, 5.41) is 10.3. The van der Waals surface area contributed by atoms with Gasteiger partial charge in [-0.15, -0.1) is 0 Å². The van der Waals surface area contributed by atoms with Gasteiger partial charge in [0.15, 0.2) is 0 Å². The van der Waals surface area contributed by atoms with E-state index in [9.17, 15) is 5.11 Å². The molecule has 0 saturated heterocycles. The molecule has 1 aromatic rings. The van der Waals surface area contributed by atoms with Crippen molar-refractivity contribution in [3.05, 3.63) is 29.3 Å². The van der Waals surface area contributed by atoms with Crippen LogP contribution >= 0.6 is 0 Å². The van der Waals surface area contributed by atoms with Gasteiger partial charge in [0.25, 0.3) is 0 Å². The lowest BCUT2D eigenvalue weighted by atomic mass is 10.1. The second-order valence-corrected chi connectivity index (χ2v) is 5.48. The standard InChI is InChI=1S/C18H28O7/c19-18-16-2-1-3-17(18)15-25-13-11-23-9-7-21-5-4-20-6-8-22-10-12-24-14-16/h1-3,19H,4-15H2. The van der Waals surface area contributed by atoms with E-state index in [1.807, 2.05) is 18.2 Å². The maximum Gasteiger partial charge on any atom is 0.126 e. The van der Waals surface area contributed by atoms with Gasteiger partial charge in [0.2, 0.25) is 0 Å². The largest absolute Gasteiger partial charge is 0.507 e. The summed E-state index contributed by atoms with van der Waals surface area (Å²) in [5.74, 6) is 0.219. The van der Waals surface area contributed by atoms with E-state index in [1.165, 1.54) is 0 Å². The van der Waals surface area contributed by atoms with E-state index in [2.05, 4.69) is 0 Å². The second-order valence-electron chi connectivity index (χ2n) is 5.48. The highest BCUT2D eigenvalue weighted by molar-refractivity contribution is 5.39. The van der Waals surface area contributed by atoms with E-state index < -0.39 is 0 Å². The van der Waals surface area contributed by atoms with Crippen LogP contribution in [-0.4, -0.2) is 71.2 Å². The molecule has 0 amide bonds. The summed E-state index contributed by atoms with van der Waals surface area (Å²) in [4.78, 5) is 0. The first-order valence-electron chi connectivity index (χ1n) is 8.64. The molecule has 0 radical (unpaired) electrons. The summed E-state index contributed by atoms with van der Waals surface area (Å²) >= 11 is 0. The van der Waals surface area contributed by atoms with Gasteiger partial charge in [-0.2, -0.15) is 0 Å². The van der Waals surface area contributed by atoms with Crippen molar-refractivity contribution < 1.29 is 33.5 Å². The quantitative estimate of drug-likeness (QED) is 0.755. The van der Waals surface area contributed by atoms with Gasteiger partial charge in [-0.25, -0.2) is 0 Å². The number of para-hydroxylation sites is 1. The molecule has 1 aliphatic heterocycles. The zero-order chi connectivity index (χ0) is 17.6. The van der Waals surface area contributed by atoms with E-state index in [4.69, 9.17) is 28.4 Å². The van der Waals surface area contributed by atoms with Gasteiger partial charge < -0.3 is 33.5 Å². The normalized spacial score (nSPS) is 20.5. The van der Waals surface area contributed by atoms with E-state index in [0.29, 0.717) is 79.3 Å². The summed E-state index contributed by atoms with van der Waals surface area (Å²) in [6.45, 7) is 5.73. The Kier molecular flexibility index (Phi) is 10.5. The van der Waals surface area contributed by atoms with Crippen molar-refractivity contribution in [3.63, 3.8) is 0 Å². The van der Waals surface area contributed by atoms with Crippen molar-refractivity contribution in [2.24, 2.45) is 0 Å². The fourth-order valence-corrected chi connectivity index (χ4v) is 2.24. The van der Waals surface area contributed by atoms with Crippen LogP contribution in [0.25, 0.3) is 0 Å². The number of benzene rings is 1. The van der Waals surface area contributed by atoms with E-state index in [1.54, 1.807) is 0 Å². The molecule has 0 spiro atoms. The van der Waals surface area contributed by atoms with Crippen molar-refractivity contribution >= 4 is 0 Å². The summed E-state index contributed by atoms with van der Waals surface area (Å²) in [6, 6.07) is 5.56. The highest BCUT2D eigenvalue weighted by Gasteiger charge is 2.07. The molecule has 0 unspecified atom stereocenters.